The number of halogens is 4. The van der Waals surface area contributed by atoms with Crippen molar-refractivity contribution in [3.63, 3.8) is 0 Å². The Kier molecular flexibility index (Phi) is 9.93. The topological polar surface area (TPSA) is 81.4 Å². The fraction of sp³-hybridized carbons (Fsp3) is 0.269. The molecule has 3 rings (SSSR count). The average Bonchev–Trinajstić information content (AvgIpc) is 2.84. The van der Waals surface area contributed by atoms with E-state index in [2.05, 4.69) is 36.8 Å². The van der Waals surface area contributed by atoms with Gasteiger partial charge in [-0.2, -0.15) is 14.0 Å². The Balaban J connectivity index is 1.75. The van der Waals surface area contributed by atoms with Gasteiger partial charge in [-0.15, -0.1) is 0 Å². The lowest BCUT2D eigenvalue weighted by atomic mass is 9.99. The monoisotopic (exact) mass is 622 g/mol. The summed E-state index contributed by atoms with van der Waals surface area (Å²) in [5.74, 6) is -3.56. The maximum Gasteiger partial charge on any atom is 0.310 e. The Morgan fingerprint density at radius 1 is 1.06 bits per heavy atom. The number of nitrogens with zero attached hydrogens (tertiary/aromatic N) is 2. The van der Waals surface area contributed by atoms with E-state index >= 15 is 8.78 Å². The molecule has 0 radical (unpaired) electrons. The number of hydrogen-bond donors (Lipinski definition) is 0. The van der Waals surface area contributed by atoms with Crippen molar-refractivity contribution in [2.24, 2.45) is 0 Å². The Morgan fingerprint density at radius 3 is 2.56 bits per heavy atom. The number of aromatic nitrogens is 1. The maximum atomic E-state index is 15.3. The van der Waals surface area contributed by atoms with Gasteiger partial charge in [-0.3, -0.25) is 4.79 Å². The number of alkyl halides is 2. The first-order valence-electron chi connectivity index (χ1n) is 10.9. The van der Waals surface area contributed by atoms with E-state index in [9.17, 15) is 10.1 Å². The van der Waals surface area contributed by atoms with E-state index in [4.69, 9.17) is 14.2 Å². The van der Waals surface area contributed by atoms with Crippen molar-refractivity contribution in [2.75, 3.05) is 13.2 Å². The van der Waals surface area contributed by atoms with Gasteiger partial charge in [0.2, 0.25) is 5.88 Å². The zero-order chi connectivity index (χ0) is 26.1. The van der Waals surface area contributed by atoms with Gasteiger partial charge < -0.3 is 14.2 Å². The quantitative estimate of drug-likeness (QED) is 0.180. The highest BCUT2D eigenvalue weighted by Crippen LogP contribution is 2.33. The lowest BCUT2D eigenvalue weighted by molar-refractivity contribution is -0.142. The molecular weight excluding hydrogens is 602 g/mol. The highest BCUT2D eigenvalue weighted by Gasteiger charge is 2.35. The number of benzene rings is 2. The number of hydrogen-bond acceptors (Lipinski definition) is 6. The van der Waals surface area contributed by atoms with E-state index in [1.54, 1.807) is 43.3 Å². The molecule has 0 atom stereocenters. The van der Waals surface area contributed by atoms with E-state index in [1.165, 1.54) is 12.1 Å². The summed E-state index contributed by atoms with van der Waals surface area (Å²) in [6.07, 6.45) is 0.00550. The van der Waals surface area contributed by atoms with E-state index < -0.39 is 18.5 Å². The largest absolute Gasteiger partial charge is 0.473 e. The fourth-order valence-corrected chi connectivity index (χ4v) is 4.11. The third-order valence-electron chi connectivity index (χ3n) is 5.05. The summed E-state index contributed by atoms with van der Waals surface area (Å²) in [5, 5.41) is 9.23. The van der Waals surface area contributed by atoms with Crippen LogP contribution in [0.5, 0.6) is 5.88 Å². The Labute approximate surface area is 224 Å². The average molecular weight is 624 g/mol. The fourth-order valence-electron chi connectivity index (χ4n) is 3.37. The van der Waals surface area contributed by atoms with Crippen LogP contribution in [0.3, 0.4) is 0 Å². The highest BCUT2D eigenvalue weighted by atomic mass is 79.9. The highest BCUT2D eigenvalue weighted by molar-refractivity contribution is 9.10. The first kappa shape index (κ1) is 27.7. The zero-order valence-electron chi connectivity index (χ0n) is 19.3. The van der Waals surface area contributed by atoms with Gasteiger partial charge >= 0.3 is 5.97 Å². The summed E-state index contributed by atoms with van der Waals surface area (Å²) >= 11 is 6.59. The van der Waals surface area contributed by atoms with E-state index in [0.717, 1.165) is 10.5 Å². The number of rotatable bonds is 11. The number of nitriles is 1. The molecule has 6 nitrogen and oxygen atoms in total. The van der Waals surface area contributed by atoms with Gasteiger partial charge in [-0.1, -0.05) is 34.1 Å². The van der Waals surface area contributed by atoms with E-state index in [-0.39, 0.29) is 48.8 Å². The molecule has 0 N–H and O–H groups in total. The Morgan fingerprint density at radius 2 is 1.83 bits per heavy atom. The summed E-state index contributed by atoms with van der Waals surface area (Å²) in [4.78, 5) is 16.0. The van der Waals surface area contributed by atoms with Crippen LogP contribution in [0.2, 0.25) is 0 Å². The number of ether oxygens (including phenoxy) is 3. The van der Waals surface area contributed by atoms with Crippen LogP contribution in [0, 0.1) is 11.3 Å². The van der Waals surface area contributed by atoms with Crippen LogP contribution in [0.1, 0.15) is 34.7 Å². The molecule has 0 aliphatic heterocycles. The predicted molar refractivity (Wildman–Crippen MR) is 135 cm³/mol. The molecule has 0 saturated heterocycles. The smallest absolute Gasteiger partial charge is 0.310 e. The van der Waals surface area contributed by atoms with Gasteiger partial charge in [0, 0.05) is 16.1 Å². The van der Waals surface area contributed by atoms with Gasteiger partial charge in [0.05, 0.1) is 31.3 Å². The van der Waals surface area contributed by atoms with Crippen molar-refractivity contribution >= 4 is 37.8 Å². The summed E-state index contributed by atoms with van der Waals surface area (Å²) in [6.45, 7) is 0.709. The Hall–Kier alpha value is -2.87. The molecular formula is C26H22Br2F2N2O4. The molecule has 10 heteroatoms. The second kappa shape index (κ2) is 12.9. The SMILES string of the molecule is CCOC(=O)Cc1ccc(Br)cc1COCC(F)(F)c1cc(C#N)ccc1COc1cccc(Br)n1. The van der Waals surface area contributed by atoms with Crippen LogP contribution in [0.4, 0.5) is 8.78 Å². The van der Waals surface area contributed by atoms with Gasteiger partial charge in [-0.25, -0.2) is 4.98 Å². The van der Waals surface area contributed by atoms with Crippen molar-refractivity contribution < 1.29 is 27.8 Å². The molecule has 0 unspecified atom stereocenters. The number of carbonyl (C=O) groups is 1. The molecule has 0 bridgehead atoms. The first-order valence-corrected chi connectivity index (χ1v) is 12.5. The molecule has 0 amide bonds. The molecule has 36 heavy (non-hydrogen) atoms. The van der Waals surface area contributed by atoms with Crippen molar-refractivity contribution in [1.29, 1.82) is 5.26 Å². The molecule has 0 aliphatic rings. The number of carbonyl (C=O) groups excluding carboxylic acids is 1. The molecule has 0 saturated carbocycles. The van der Waals surface area contributed by atoms with E-state index in [1.807, 2.05) is 6.07 Å². The first-order chi connectivity index (χ1) is 17.2. The van der Waals surface area contributed by atoms with E-state index in [0.29, 0.717) is 15.7 Å². The second-order valence-electron chi connectivity index (χ2n) is 7.66. The predicted octanol–water partition coefficient (Wildman–Crippen LogP) is 6.47. The molecule has 0 fully saturated rings. The summed E-state index contributed by atoms with van der Waals surface area (Å²) in [5.41, 5.74) is 1.15. The standard InChI is InChI=1S/C26H22Br2F2N2O4/c1-2-35-25(33)12-18-8-9-21(27)11-20(18)14-34-16-26(29,30)22-10-17(13-31)6-7-19(22)15-36-24-5-3-4-23(28)32-24/h3-11H,2,12,14-16H2,1H3. The molecule has 0 aliphatic carbocycles. The van der Waals surface area contributed by atoms with Crippen LogP contribution in [-0.2, 0) is 39.8 Å². The van der Waals surface area contributed by atoms with Crippen molar-refractivity contribution in [3.8, 4) is 11.9 Å². The third-order valence-corrected chi connectivity index (χ3v) is 5.98. The lowest BCUT2D eigenvalue weighted by Crippen LogP contribution is -2.24. The van der Waals surface area contributed by atoms with Gasteiger partial charge in [-0.05, 0) is 69.9 Å². The van der Waals surface area contributed by atoms with Gasteiger partial charge in [0.25, 0.3) is 5.92 Å². The summed E-state index contributed by atoms with van der Waals surface area (Å²) in [7, 11) is 0. The van der Waals surface area contributed by atoms with Crippen LogP contribution >= 0.6 is 31.9 Å². The van der Waals surface area contributed by atoms with Crippen LogP contribution in [0.25, 0.3) is 0 Å². The van der Waals surface area contributed by atoms with Crippen molar-refractivity contribution in [1.82, 2.24) is 4.98 Å². The van der Waals surface area contributed by atoms with Crippen molar-refractivity contribution in [2.45, 2.75) is 32.5 Å². The molecule has 0 spiro atoms. The van der Waals surface area contributed by atoms with Crippen LogP contribution < -0.4 is 4.74 Å². The lowest BCUT2D eigenvalue weighted by Gasteiger charge is -2.21. The second-order valence-corrected chi connectivity index (χ2v) is 9.39. The van der Waals surface area contributed by atoms with Gasteiger partial charge in [0.15, 0.2) is 0 Å². The van der Waals surface area contributed by atoms with Gasteiger partial charge in [0.1, 0.15) is 17.8 Å². The Bertz CT molecular complexity index is 1260. The third kappa shape index (κ3) is 7.82. The molecule has 2 aromatic carbocycles. The minimum Gasteiger partial charge on any atom is -0.473 e. The maximum absolute atomic E-state index is 15.3. The minimum atomic E-state index is -3.41. The summed E-state index contributed by atoms with van der Waals surface area (Å²) < 4.78 is 47.9. The molecule has 3 aromatic rings. The molecule has 1 aromatic heterocycles. The van der Waals surface area contributed by atoms with Crippen LogP contribution in [0.15, 0.2) is 63.7 Å². The zero-order valence-corrected chi connectivity index (χ0v) is 22.4. The van der Waals surface area contributed by atoms with Crippen molar-refractivity contribution in [3.05, 3.63) is 91.5 Å². The minimum absolute atomic E-state index is 0.00550. The molecule has 1 heterocycles. The number of esters is 1. The van der Waals surface area contributed by atoms with Crippen LogP contribution in [-0.4, -0.2) is 24.2 Å². The number of pyridine rings is 1. The normalized spacial score (nSPS) is 11.1. The summed E-state index contributed by atoms with van der Waals surface area (Å²) in [6, 6.07) is 16.2. The molecule has 188 valence electrons.